The van der Waals surface area contributed by atoms with E-state index in [0.717, 1.165) is 18.4 Å². The lowest BCUT2D eigenvalue weighted by molar-refractivity contribution is 0.0950. The van der Waals surface area contributed by atoms with E-state index in [0.29, 0.717) is 33.1 Å². The zero-order chi connectivity index (χ0) is 17.1. The Balaban J connectivity index is 1.71. The standard InChI is InChI=1S/C18H17Cl2NO3/c1-23-17-8-11(18(22)21-14-5-6-14)3-7-16(17)24-10-12-2-4-13(19)9-15(12)20/h2-4,7-9,14H,5-6,10H2,1H3,(H,21,22). The quantitative estimate of drug-likeness (QED) is 0.821. The molecule has 1 amide bonds. The summed E-state index contributed by atoms with van der Waals surface area (Å²) in [5, 5.41) is 4.07. The van der Waals surface area contributed by atoms with Gasteiger partial charge in [-0.25, -0.2) is 0 Å². The Hall–Kier alpha value is -1.91. The molecule has 1 fully saturated rings. The number of carbonyl (C=O) groups is 1. The SMILES string of the molecule is COc1cc(C(=O)NC2CC2)ccc1OCc1ccc(Cl)cc1Cl. The molecule has 3 rings (SSSR count). The van der Waals surface area contributed by atoms with E-state index in [1.165, 1.54) is 0 Å². The monoisotopic (exact) mass is 365 g/mol. The van der Waals surface area contributed by atoms with Crippen molar-refractivity contribution in [1.82, 2.24) is 5.32 Å². The van der Waals surface area contributed by atoms with Gasteiger partial charge >= 0.3 is 0 Å². The Kier molecular flexibility index (Phi) is 5.17. The van der Waals surface area contributed by atoms with E-state index < -0.39 is 0 Å². The van der Waals surface area contributed by atoms with E-state index in [2.05, 4.69) is 5.32 Å². The Morgan fingerprint density at radius 1 is 1.17 bits per heavy atom. The largest absolute Gasteiger partial charge is 0.493 e. The van der Waals surface area contributed by atoms with Gasteiger partial charge in [-0.1, -0.05) is 29.3 Å². The fourth-order valence-electron chi connectivity index (χ4n) is 2.22. The minimum Gasteiger partial charge on any atom is -0.493 e. The van der Waals surface area contributed by atoms with Gasteiger partial charge in [0.15, 0.2) is 11.5 Å². The summed E-state index contributed by atoms with van der Waals surface area (Å²) in [5.41, 5.74) is 1.37. The molecule has 1 N–H and O–H groups in total. The number of hydrogen-bond donors (Lipinski definition) is 1. The highest BCUT2D eigenvalue weighted by molar-refractivity contribution is 6.35. The molecule has 0 spiro atoms. The van der Waals surface area contributed by atoms with Crippen LogP contribution in [0.15, 0.2) is 36.4 Å². The predicted molar refractivity (Wildman–Crippen MR) is 94.3 cm³/mol. The van der Waals surface area contributed by atoms with Crippen molar-refractivity contribution in [3.05, 3.63) is 57.6 Å². The first-order chi connectivity index (χ1) is 11.6. The van der Waals surface area contributed by atoms with E-state index in [-0.39, 0.29) is 12.5 Å². The summed E-state index contributed by atoms with van der Waals surface area (Å²) in [6.45, 7) is 0.278. The maximum absolute atomic E-state index is 12.1. The molecule has 4 nitrogen and oxygen atoms in total. The molecule has 2 aromatic rings. The van der Waals surface area contributed by atoms with Crippen molar-refractivity contribution in [1.29, 1.82) is 0 Å². The third-order valence-corrected chi connectivity index (χ3v) is 4.32. The van der Waals surface area contributed by atoms with Crippen molar-refractivity contribution in [3.8, 4) is 11.5 Å². The lowest BCUT2D eigenvalue weighted by atomic mass is 10.2. The van der Waals surface area contributed by atoms with Gasteiger partial charge in [-0.15, -0.1) is 0 Å². The summed E-state index contributed by atoms with van der Waals surface area (Å²) >= 11 is 12.0. The molecule has 1 aliphatic carbocycles. The van der Waals surface area contributed by atoms with Crippen LogP contribution in [0.2, 0.25) is 10.0 Å². The highest BCUT2D eigenvalue weighted by atomic mass is 35.5. The summed E-state index contributed by atoms with van der Waals surface area (Å²) in [5.74, 6) is 0.957. The summed E-state index contributed by atoms with van der Waals surface area (Å²) in [6, 6.07) is 10.7. The zero-order valence-corrected chi connectivity index (χ0v) is 14.7. The molecule has 2 aromatic carbocycles. The first-order valence-electron chi connectivity index (χ1n) is 7.62. The number of ether oxygens (including phenoxy) is 2. The van der Waals surface area contributed by atoms with Gasteiger partial charge in [-0.05, 0) is 43.2 Å². The Morgan fingerprint density at radius 3 is 2.62 bits per heavy atom. The molecule has 0 bridgehead atoms. The molecule has 0 unspecified atom stereocenters. The second-order valence-electron chi connectivity index (χ2n) is 5.64. The number of rotatable bonds is 6. The molecule has 24 heavy (non-hydrogen) atoms. The predicted octanol–water partition coefficient (Wildman–Crippen LogP) is 4.47. The topological polar surface area (TPSA) is 47.6 Å². The van der Waals surface area contributed by atoms with E-state index in [1.807, 2.05) is 6.07 Å². The Bertz CT molecular complexity index is 760. The normalized spacial score (nSPS) is 13.5. The number of halogens is 2. The lowest BCUT2D eigenvalue weighted by Gasteiger charge is -2.13. The maximum atomic E-state index is 12.1. The van der Waals surface area contributed by atoms with E-state index in [1.54, 1.807) is 37.4 Å². The number of benzene rings is 2. The average Bonchev–Trinajstić information content (AvgIpc) is 3.38. The van der Waals surface area contributed by atoms with Crippen molar-refractivity contribution in [2.75, 3.05) is 7.11 Å². The van der Waals surface area contributed by atoms with Crippen LogP contribution in [0.3, 0.4) is 0 Å². The number of amides is 1. The van der Waals surface area contributed by atoms with Gasteiger partial charge in [0, 0.05) is 27.2 Å². The third-order valence-electron chi connectivity index (χ3n) is 3.74. The van der Waals surface area contributed by atoms with Gasteiger partial charge in [-0.3, -0.25) is 4.79 Å². The molecule has 126 valence electrons. The van der Waals surface area contributed by atoms with Gasteiger partial charge in [0.1, 0.15) is 6.61 Å². The molecule has 0 heterocycles. The van der Waals surface area contributed by atoms with Gasteiger partial charge in [0.05, 0.1) is 7.11 Å². The van der Waals surface area contributed by atoms with Crippen LogP contribution in [0.5, 0.6) is 11.5 Å². The van der Waals surface area contributed by atoms with Crippen LogP contribution in [-0.4, -0.2) is 19.1 Å². The van der Waals surface area contributed by atoms with E-state index >= 15 is 0 Å². The average molecular weight is 366 g/mol. The maximum Gasteiger partial charge on any atom is 0.251 e. The minimum atomic E-state index is -0.0944. The number of carbonyl (C=O) groups excluding carboxylic acids is 1. The highest BCUT2D eigenvalue weighted by Crippen LogP contribution is 2.30. The van der Waals surface area contributed by atoms with Crippen LogP contribution in [0.4, 0.5) is 0 Å². The number of hydrogen-bond acceptors (Lipinski definition) is 3. The molecular formula is C18H17Cl2NO3. The van der Waals surface area contributed by atoms with Gasteiger partial charge < -0.3 is 14.8 Å². The molecule has 0 aromatic heterocycles. The van der Waals surface area contributed by atoms with Crippen LogP contribution in [0, 0.1) is 0 Å². The Labute approximate surface area is 150 Å². The number of nitrogens with one attached hydrogen (secondary N) is 1. The van der Waals surface area contributed by atoms with Gasteiger partial charge in [0.25, 0.3) is 5.91 Å². The second-order valence-corrected chi connectivity index (χ2v) is 6.48. The van der Waals surface area contributed by atoms with Crippen molar-refractivity contribution in [3.63, 3.8) is 0 Å². The van der Waals surface area contributed by atoms with Gasteiger partial charge in [0.2, 0.25) is 0 Å². The van der Waals surface area contributed by atoms with E-state index in [9.17, 15) is 4.79 Å². The molecule has 1 saturated carbocycles. The van der Waals surface area contributed by atoms with Crippen LogP contribution in [0.25, 0.3) is 0 Å². The zero-order valence-electron chi connectivity index (χ0n) is 13.1. The first-order valence-corrected chi connectivity index (χ1v) is 8.38. The Morgan fingerprint density at radius 2 is 1.96 bits per heavy atom. The van der Waals surface area contributed by atoms with Crippen molar-refractivity contribution < 1.29 is 14.3 Å². The molecule has 0 aliphatic heterocycles. The van der Waals surface area contributed by atoms with Crippen molar-refractivity contribution in [2.45, 2.75) is 25.5 Å². The molecule has 6 heteroatoms. The van der Waals surface area contributed by atoms with Gasteiger partial charge in [-0.2, -0.15) is 0 Å². The van der Waals surface area contributed by atoms with Crippen LogP contribution in [0.1, 0.15) is 28.8 Å². The summed E-state index contributed by atoms with van der Waals surface area (Å²) in [7, 11) is 1.54. The third kappa shape index (κ3) is 4.13. The summed E-state index contributed by atoms with van der Waals surface area (Å²) < 4.78 is 11.1. The fourth-order valence-corrected chi connectivity index (χ4v) is 2.68. The first kappa shape index (κ1) is 16.9. The molecule has 0 saturated heterocycles. The van der Waals surface area contributed by atoms with E-state index in [4.69, 9.17) is 32.7 Å². The second kappa shape index (κ2) is 7.32. The van der Waals surface area contributed by atoms with Crippen molar-refractivity contribution >= 4 is 29.1 Å². The molecular weight excluding hydrogens is 349 g/mol. The van der Waals surface area contributed by atoms with Crippen LogP contribution >= 0.6 is 23.2 Å². The van der Waals surface area contributed by atoms with Crippen LogP contribution < -0.4 is 14.8 Å². The molecule has 1 aliphatic rings. The smallest absolute Gasteiger partial charge is 0.251 e. The minimum absolute atomic E-state index is 0.0944. The van der Waals surface area contributed by atoms with Crippen LogP contribution in [-0.2, 0) is 6.61 Å². The fraction of sp³-hybridized carbons (Fsp3) is 0.278. The summed E-state index contributed by atoms with van der Waals surface area (Å²) in [4.78, 5) is 12.1. The van der Waals surface area contributed by atoms with Crippen molar-refractivity contribution in [2.24, 2.45) is 0 Å². The lowest BCUT2D eigenvalue weighted by Crippen LogP contribution is -2.25. The molecule has 0 radical (unpaired) electrons. The number of methoxy groups -OCH3 is 1. The summed E-state index contributed by atoms with van der Waals surface area (Å²) in [6.07, 6.45) is 2.10. The highest BCUT2D eigenvalue weighted by Gasteiger charge is 2.24. The molecule has 0 atom stereocenters.